The van der Waals surface area contributed by atoms with Crippen LogP contribution in [0.4, 0.5) is 8.78 Å². The molecular weight excluding hydrogens is 288 g/mol. The average molecular weight is 296 g/mol. The summed E-state index contributed by atoms with van der Waals surface area (Å²) in [6.07, 6.45) is 1.48. The first-order valence-corrected chi connectivity index (χ1v) is 6.09. The van der Waals surface area contributed by atoms with Gasteiger partial charge in [-0.15, -0.1) is 0 Å². The fourth-order valence-corrected chi connectivity index (χ4v) is 2.04. The Hall–Kier alpha value is -2.15. The van der Waals surface area contributed by atoms with Gasteiger partial charge in [0.25, 0.3) is 6.43 Å². The summed E-state index contributed by atoms with van der Waals surface area (Å²) in [5, 5.41) is 4.07. The van der Waals surface area contributed by atoms with Crippen molar-refractivity contribution >= 4 is 22.8 Å². The number of halogens is 3. The molecule has 3 aromatic rings. The minimum absolute atomic E-state index is 0.119. The number of hydrogen-bond donors (Lipinski definition) is 0. The van der Waals surface area contributed by atoms with Gasteiger partial charge in [0.2, 0.25) is 0 Å². The SMILES string of the molecule is FC(F)C(c1ccccn1)n1ncc2ncc(Cl)nc21. The minimum atomic E-state index is -2.69. The van der Waals surface area contributed by atoms with Crippen LogP contribution in [0.2, 0.25) is 5.15 Å². The fourth-order valence-electron chi connectivity index (χ4n) is 1.91. The lowest BCUT2D eigenvalue weighted by Gasteiger charge is -2.16. The van der Waals surface area contributed by atoms with Gasteiger partial charge in [-0.05, 0) is 12.1 Å². The van der Waals surface area contributed by atoms with Gasteiger partial charge < -0.3 is 0 Å². The third kappa shape index (κ3) is 2.20. The Kier molecular flexibility index (Phi) is 3.27. The molecule has 0 saturated heterocycles. The molecule has 0 aliphatic rings. The van der Waals surface area contributed by atoms with E-state index < -0.39 is 12.5 Å². The van der Waals surface area contributed by atoms with Crippen molar-refractivity contribution in [2.24, 2.45) is 0 Å². The highest BCUT2D eigenvalue weighted by atomic mass is 35.5. The summed E-state index contributed by atoms with van der Waals surface area (Å²) in [5.41, 5.74) is 0.804. The molecule has 0 N–H and O–H groups in total. The van der Waals surface area contributed by atoms with Crippen molar-refractivity contribution in [2.45, 2.75) is 12.5 Å². The molecular formula is C12H8ClF2N5. The highest BCUT2D eigenvalue weighted by Gasteiger charge is 2.28. The van der Waals surface area contributed by atoms with Crippen LogP contribution in [0.25, 0.3) is 11.2 Å². The van der Waals surface area contributed by atoms with E-state index in [-0.39, 0.29) is 16.5 Å². The van der Waals surface area contributed by atoms with Crippen molar-refractivity contribution in [3.8, 4) is 0 Å². The summed E-state index contributed by atoms with van der Waals surface area (Å²) in [7, 11) is 0. The van der Waals surface area contributed by atoms with E-state index in [4.69, 9.17) is 11.6 Å². The molecule has 0 amide bonds. The summed E-state index contributed by atoms with van der Waals surface area (Å²) in [5.74, 6) is 0. The van der Waals surface area contributed by atoms with Crippen LogP contribution < -0.4 is 0 Å². The Labute approximate surface area is 117 Å². The van der Waals surface area contributed by atoms with Crippen molar-refractivity contribution in [1.82, 2.24) is 24.7 Å². The number of rotatable bonds is 3. The molecule has 0 saturated carbocycles. The number of fused-ring (bicyclic) bond motifs is 1. The van der Waals surface area contributed by atoms with Gasteiger partial charge in [-0.2, -0.15) is 5.10 Å². The van der Waals surface area contributed by atoms with E-state index in [1.54, 1.807) is 12.1 Å². The average Bonchev–Trinajstić information content (AvgIpc) is 2.83. The second-order valence-corrected chi connectivity index (χ2v) is 4.41. The molecule has 3 aromatic heterocycles. The van der Waals surface area contributed by atoms with Crippen molar-refractivity contribution < 1.29 is 8.78 Å². The Morgan fingerprint density at radius 2 is 2.00 bits per heavy atom. The second-order valence-electron chi connectivity index (χ2n) is 4.02. The number of alkyl halides is 2. The summed E-state index contributed by atoms with van der Waals surface area (Å²) < 4.78 is 27.9. The maximum atomic E-state index is 13.4. The van der Waals surface area contributed by atoms with Crippen molar-refractivity contribution in [3.05, 3.63) is 47.6 Å². The number of hydrogen-bond acceptors (Lipinski definition) is 4. The molecule has 0 aliphatic carbocycles. The first kappa shape index (κ1) is 12.9. The predicted octanol–water partition coefficient (Wildman–Crippen LogP) is 2.73. The normalized spacial score (nSPS) is 13.0. The van der Waals surface area contributed by atoms with Gasteiger partial charge in [0, 0.05) is 6.20 Å². The molecule has 0 fully saturated rings. The Morgan fingerprint density at radius 3 is 2.70 bits per heavy atom. The van der Waals surface area contributed by atoms with E-state index in [0.717, 1.165) is 4.68 Å². The van der Waals surface area contributed by atoms with Crippen molar-refractivity contribution in [2.75, 3.05) is 0 Å². The molecule has 8 heteroatoms. The van der Waals surface area contributed by atoms with Crippen LogP contribution in [0.15, 0.2) is 36.8 Å². The largest absolute Gasteiger partial charge is 0.266 e. The zero-order chi connectivity index (χ0) is 14.1. The molecule has 3 heterocycles. The maximum Gasteiger partial charge on any atom is 0.266 e. The molecule has 5 nitrogen and oxygen atoms in total. The second kappa shape index (κ2) is 5.09. The van der Waals surface area contributed by atoms with Gasteiger partial charge in [0.15, 0.2) is 11.7 Å². The summed E-state index contributed by atoms with van der Waals surface area (Å²) >= 11 is 5.76. The first-order valence-electron chi connectivity index (χ1n) is 5.71. The molecule has 0 bridgehead atoms. The van der Waals surface area contributed by atoms with Crippen LogP contribution >= 0.6 is 11.6 Å². The van der Waals surface area contributed by atoms with Crippen LogP contribution in [0.1, 0.15) is 11.7 Å². The number of pyridine rings is 1. The molecule has 0 spiro atoms. The molecule has 3 rings (SSSR count). The van der Waals surface area contributed by atoms with E-state index in [1.807, 2.05) is 0 Å². The van der Waals surface area contributed by atoms with Gasteiger partial charge in [0.05, 0.1) is 18.1 Å². The predicted molar refractivity (Wildman–Crippen MR) is 68.7 cm³/mol. The summed E-state index contributed by atoms with van der Waals surface area (Å²) in [6.45, 7) is 0. The third-order valence-electron chi connectivity index (χ3n) is 2.77. The number of nitrogens with zero attached hydrogens (tertiary/aromatic N) is 5. The topological polar surface area (TPSA) is 56.5 Å². The quantitative estimate of drug-likeness (QED) is 0.745. The lowest BCUT2D eigenvalue weighted by molar-refractivity contribution is 0.0952. The van der Waals surface area contributed by atoms with Gasteiger partial charge in [0.1, 0.15) is 10.7 Å². The molecule has 102 valence electrons. The van der Waals surface area contributed by atoms with Crippen LogP contribution in [0.3, 0.4) is 0 Å². The van der Waals surface area contributed by atoms with Gasteiger partial charge in [-0.3, -0.25) is 4.98 Å². The highest BCUT2D eigenvalue weighted by molar-refractivity contribution is 6.29. The van der Waals surface area contributed by atoms with Gasteiger partial charge >= 0.3 is 0 Å². The molecule has 1 atom stereocenters. The van der Waals surface area contributed by atoms with E-state index >= 15 is 0 Å². The highest BCUT2D eigenvalue weighted by Crippen LogP contribution is 2.26. The standard InChI is InChI=1S/C12H8ClF2N5/c13-9-6-17-8-5-18-20(12(8)19-9)10(11(14)15)7-3-1-2-4-16-7/h1-6,10-11H. The molecule has 0 radical (unpaired) electrons. The van der Waals surface area contributed by atoms with Crippen LogP contribution in [0, 0.1) is 0 Å². The minimum Gasteiger partial charge on any atom is -0.259 e. The van der Waals surface area contributed by atoms with Crippen LogP contribution in [-0.2, 0) is 0 Å². The Bertz CT molecular complexity index is 731. The van der Waals surface area contributed by atoms with Gasteiger partial charge in [-0.1, -0.05) is 17.7 Å². The van der Waals surface area contributed by atoms with E-state index in [2.05, 4.69) is 20.1 Å². The monoisotopic (exact) mass is 295 g/mol. The first-order chi connectivity index (χ1) is 9.66. The van der Waals surface area contributed by atoms with Gasteiger partial charge in [-0.25, -0.2) is 23.4 Å². The molecule has 20 heavy (non-hydrogen) atoms. The Morgan fingerprint density at radius 1 is 1.15 bits per heavy atom. The molecule has 0 aliphatic heterocycles. The summed E-state index contributed by atoms with van der Waals surface area (Å²) in [4.78, 5) is 12.0. The smallest absolute Gasteiger partial charge is 0.259 e. The maximum absolute atomic E-state index is 13.4. The van der Waals surface area contributed by atoms with E-state index in [1.165, 1.54) is 24.7 Å². The Balaban J connectivity index is 2.18. The van der Waals surface area contributed by atoms with Crippen LogP contribution in [0.5, 0.6) is 0 Å². The zero-order valence-corrected chi connectivity index (χ0v) is 10.7. The zero-order valence-electron chi connectivity index (χ0n) is 9.99. The third-order valence-corrected chi connectivity index (χ3v) is 2.95. The molecule has 1 unspecified atom stereocenters. The lowest BCUT2D eigenvalue weighted by atomic mass is 10.2. The van der Waals surface area contributed by atoms with E-state index in [0.29, 0.717) is 5.52 Å². The lowest BCUT2D eigenvalue weighted by Crippen LogP contribution is -2.21. The summed E-state index contributed by atoms with van der Waals surface area (Å²) in [6, 6.07) is 3.48. The number of aromatic nitrogens is 5. The van der Waals surface area contributed by atoms with Crippen molar-refractivity contribution in [3.63, 3.8) is 0 Å². The van der Waals surface area contributed by atoms with Crippen molar-refractivity contribution in [1.29, 1.82) is 0 Å². The van der Waals surface area contributed by atoms with E-state index in [9.17, 15) is 8.78 Å². The fraction of sp³-hybridized carbons (Fsp3) is 0.167. The molecule has 0 aromatic carbocycles. The van der Waals surface area contributed by atoms with Crippen LogP contribution in [-0.4, -0.2) is 31.2 Å².